The maximum absolute atomic E-state index is 12.6. The molecule has 0 fully saturated rings. The van der Waals surface area contributed by atoms with Crippen LogP contribution in [0.3, 0.4) is 0 Å². The Balaban J connectivity index is 3.08. The van der Waals surface area contributed by atoms with Gasteiger partial charge in [0.25, 0.3) is 0 Å². The van der Waals surface area contributed by atoms with Gasteiger partial charge in [-0.1, -0.05) is 59.4 Å². The number of carbonyl (C=O) groups excluding carboxylic acids is 4. The van der Waals surface area contributed by atoms with Gasteiger partial charge >= 0.3 is 24.2 Å². The second-order valence-corrected chi connectivity index (χ2v) is 9.99. The van der Waals surface area contributed by atoms with Crippen molar-refractivity contribution in [3.8, 4) is 11.5 Å². The van der Waals surface area contributed by atoms with Gasteiger partial charge in [-0.2, -0.15) is 0 Å². The van der Waals surface area contributed by atoms with Crippen molar-refractivity contribution in [2.45, 2.75) is 91.0 Å². The summed E-state index contributed by atoms with van der Waals surface area (Å²) in [6.07, 6.45) is 3.34. The van der Waals surface area contributed by atoms with E-state index in [1.54, 1.807) is 6.07 Å². The topological polar surface area (TPSA) is 150 Å². The van der Waals surface area contributed by atoms with Gasteiger partial charge in [0, 0.05) is 19.3 Å². The van der Waals surface area contributed by atoms with E-state index in [1.165, 1.54) is 19.2 Å². The summed E-state index contributed by atoms with van der Waals surface area (Å²) in [7, 11) is 1.21. The number of methoxy groups -OCH3 is 1. The molecule has 11 nitrogen and oxygen atoms in total. The zero-order valence-corrected chi connectivity index (χ0v) is 24.5. The van der Waals surface area contributed by atoms with Crippen LogP contribution in [0.15, 0.2) is 18.2 Å². The van der Waals surface area contributed by atoms with Gasteiger partial charge in [0.2, 0.25) is 0 Å². The van der Waals surface area contributed by atoms with E-state index in [1.807, 2.05) is 27.7 Å². The van der Waals surface area contributed by atoms with E-state index in [-0.39, 0.29) is 56.5 Å². The highest BCUT2D eigenvalue weighted by Gasteiger charge is 2.36. The molecule has 1 aromatic rings. The Morgan fingerprint density at radius 1 is 0.825 bits per heavy atom. The average molecular weight is 568 g/mol. The first-order valence-electron chi connectivity index (χ1n) is 13.9. The van der Waals surface area contributed by atoms with Crippen LogP contribution in [-0.4, -0.2) is 56.7 Å². The van der Waals surface area contributed by atoms with E-state index < -0.39 is 29.8 Å². The third-order valence-electron chi connectivity index (χ3n) is 5.83. The molecule has 0 unspecified atom stereocenters. The van der Waals surface area contributed by atoms with Crippen molar-refractivity contribution in [1.29, 1.82) is 0 Å². The zero-order valence-electron chi connectivity index (χ0n) is 24.5. The summed E-state index contributed by atoms with van der Waals surface area (Å²) in [5.74, 6) is -1.15. The number of esters is 2. The van der Waals surface area contributed by atoms with Crippen LogP contribution < -0.4 is 15.2 Å². The van der Waals surface area contributed by atoms with Crippen molar-refractivity contribution in [1.82, 2.24) is 0 Å². The van der Waals surface area contributed by atoms with Crippen LogP contribution in [0.4, 0.5) is 9.59 Å². The maximum atomic E-state index is 12.6. The number of hydrogen-bond acceptors (Lipinski definition) is 11. The molecular weight excluding hydrogens is 522 g/mol. The molecule has 1 rings (SSSR count). The van der Waals surface area contributed by atoms with Crippen LogP contribution in [0.25, 0.3) is 0 Å². The third kappa shape index (κ3) is 13.6. The van der Waals surface area contributed by atoms with Gasteiger partial charge in [-0.3, -0.25) is 9.59 Å². The molecule has 11 heteroatoms. The third-order valence-corrected chi connectivity index (χ3v) is 5.83. The molecule has 0 spiro atoms. The first-order chi connectivity index (χ1) is 19.0. The highest BCUT2D eigenvalue weighted by Crippen LogP contribution is 2.31. The minimum atomic E-state index is -1.55. The summed E-state index contributed by atoms with van der Waals surface area (Å²) < 4.78 is 31.0. The van der Waals surface area contributed by atoms with Crippen LogP contribution in [-0.2, 0) is 35.0 Å². The lowest BCUT2D eigenvalue weighted by atomic mass is 9.88. The van der Waals surface area contributed by atoms with Gasteiger partial charge in [0.15, 0.2) is 11.5 Å². The van der Waals surface area contributed by atoms with Gasteiger partial charge in [-0.05, 0) is 36.5 Å². The molecule has 0 saturated heterocycles. The largest absolute Gasteiger partial charge is 0.513 e. The molecule has 0 aliphatic heterocycles. The van der Waals surface area contributed by atoms with E-state index >= 15 is 0 Å². The molecule has 0 aromatic heterocycles. The van der Waals surface area contributed by atoms with Gasteiger partial charge in [-0.25, -0.2) is 9.59 Å². The summed E-state index contributed by atoms with van der Waals surface area (Å²) >= 11 is 0. The Morgan fingerprint density at radius 2 is 1.40 bits per heavy atom. The fraction of sp³-hybridized carbons (Fsp3) is 0.655. The number of rotatable bonds is 18. The minimum absolute atomic E-state index is 0.0124. The summed E-state index contributed by atoms with van der Waals surface area (Å²) in [4.78, 5) is 49.1. The molecule has 0 saturated carbocycles. The fourth-order valence-electron chi connectivity index (χ4n) is 3.65. The molecule has 0 aliphatic carbocycles. The summed E-state index contributed by atoms with van der Waals surface area (Å²) in [5, 5.41) is 0. The molecule has 1 aromatic carbocycles. The lowest BCUT2D eigenvalue weighted by Crippen LogP contribution is -2.51. The normalized spacial score (nSPS) is 12.3. The van der Waals surface area contributed by atoms with E-state index in [0.717, 1.165) is 25.7 Å². The number of benzene rings is 1. The van der Waals surface area contributed by atoms with Gasteiger partial charge in [0.05, 0.1) is 26.9 Å². The van der Waals surface area contributed by atoms with Crippen LogP contribution in [0.5, 0.6) is 11.5 Å². The number of nitrogens with two attached hydrogens (primary N) is 1. The van der Waals surface area contributed by atoms with Gasteiger partial charge in [-0.15, -0.1) is 0 Å². The van der Waals surface area contributed by atoms with E-state index in [2.05, 4.69) is 0 Å². The number of ether oxygens (including phenoxy) is 6. The molecule has 0 bridgehead atoms. The molecular formula is C29H45NO10. The minimum Gasteiger partial charge on any atom is -0.468 e. The van der Waals surface area contributed by atoms with Gasteiger partial charge in [0.1, 0.15) is 5.54 Å². The SMILES string of the molecule is CCCCCOC(=O)Oc1ccc(C[C@](N)(CCOC(=O)CC(C)C)C(=O)OC)cc1OC(=O)OCCCCC. The first kappa shape index (κ1) is 34.7. The Bertz CT molecular complexity index is 949. The van der Waals surface area contributed by atoms with Crippen molar-refractivity contribution in [2.24, 2.45) is 11.7 Å². The van der Waals surface area contributed by atoms with Crippen molar-refractivity contribution in [3.05, 3.63) is 23.8 Å². The van der Waals surface area contributed by atoms with Crippen LogP contribution >= 0.6 is 0 Å². The Labute approximate surface area is 236 Å². The standard InChI is InChI=1S/C29H45NO10/c1-6-8-10-15-37-27(33)39-23-13-12-22(19-24(23)40-28(34)38-16-11-9-7-2)20-29(30,26(32)35-5)14-17-36-25(31)18-21(3)4/h12-13,19,21H,6-11,14-18,20,30H2,1-5H3/t29-/m1/s1. The monoisotopic (exact) mass is 567 g/mol. The number of hydrogen-bond donors (Lipinski definition) is 1. The second-order valence-electron chi connectivity index (χ2n) is 9.99. The van der Waals surface area contributed by atoms with Crippen molar-refractivity contribution >= 4 is 24.2 Å². The van der Waals surface area contributed by atoms with E-state index in [9.17, 15) is 19.2 Å². The maximum Gasteiger partial charge on any atom is 0.513 e. The highest BCUT2D eigenvalue weighted by atomic mass is 16.7. The van der Waals surface area contributed by atoms with Crippen LogP contribution in [0, 0.1) is 5.92 Å². The second kappa shape index (κ2) is 18.9. The van der Waals surface area contributed by atoms with Crippen LogP contribution in [0.1, 0.15) is 84.6 Å². The highest BCUT2D eigenvalue weighted by molar-refractivity contribution is 5.81. The molecule has 0 aliphatic rings. The lowest BCUT2D eigenvalue weighted by molar-refractivity contribution is -0.151. The Kier molecular flexibility index (Phi) is 16.4. The molecule has 2 N–H and O–H groups in total. The van der Waals surface area contributed by atoms with Crippen molar-refractivity contribution in [3.63, 3.8) is 0 Å². The number of carbonyl (C=O) groups is 4. The van der Waals surface area contributed by atoms with Crippen LogP contribution in [0.2, 0.25) is 0 Å². The quantitative estimate of drug-likeness (QED) is 0.104. The van der Waals surface area contributed by atoms with Gasteiger partial charge < -0.3 is 34.2 Å². The Morgan fingerprint density at radius 3 is 1.93 bits per heavy atom. The zero-order chi connectivity index (χ0) is 30.0. The Hall–Kier alpha value is -3.34. The first-order valence-corrected chi connectivity index (χ1v) is 13.9. The molecule has 0 radical (unpaired) electrons. The molecule has 40 heavy (non-hydrogen) atoms. The molecule has 1 atom stereocenters. The fourth-order valence-corrected chi connectivity index (χ4v) is 3.65. The van der Waals surface area contributed by atoms with Crippen molar-refractivity contribution in [2.75, 3.05) is 26.9 Å². The summed E-state index contributed by atoms with van der Waals surface area (Å²) in [6.45, 7) is 8.11. The number of unbranched alkanes of at least 4 members (excludes halogenated alkanes) is 4. The lowest BCUT2D eigenvalue weighted by Gasteiger charge is -2.27. The predicted octanol–water partition coefficient (Wildman–Crippen LogP) is 5.49. The summed E-state index contributed by atoms with van der Waals surface area (Å²) in [5.41, 5.74) is 5.33. The molecule has 226 valence electrons. The van der Waals surface area contributed by atoms with E-state index in [4.69, 9.17) is 34.2 Å². The molecule has 0 heterocycles. The predicted molar refractivity (Wildman–Crippen MR) is 147 cm³/mol. The smallest absolute Gasteiger partial charge is 0.468 e. The molecule has 0 amide bonds. The van der Waals surface area contributed by atoms with Crippen molar-refractivity contribution < 1.29 is 47.6 Å². The summed E-state index contributed by atoms with van der Waals surface area (Å²) in [6, 6.07) is 4.39. The van der Waals surface area contributed by atoms with E-state index in [0.29, 0.717) is 18.4 Å². The average Bonchev–Trinajstić information content (AvgIpc) is 2.89.